The summed E-state index contributed by atoms with van der Waals surface area (Å²) < 4.78 is 5.34. The highest BCUT2D eigenvalue weighted by molar-refractivity contribution is 5.68. The molecule has 1 saturated heterocycles. The van der Waals surface area contributed by atoms with Gasteiger partial charge in [-0.3, -0.25) is 0 Å². The standard InChI is InChI=1S/C14H27NO3/c1-10(2)8-12(16)11-6-7-15(9-11)13(17)18-14(3,4)5/h10-12,16H,6-9H2,1-5H3/t11?,12-/m1/s1. The van der Waals surface area contributed by atoms with Crippen molar-refractivity contribution < 1.29 is 14.6 Å². The van der Waals surface area contributed by atoms with E-state index in [0.717, 1.165) is 12.8 Å². The smallest absolute Gasteiger partial charge is 0.410 e. The quantitative estimate of drug-likeness (QED) is 0.845. The van der Waals surface area contributed by atoms with Gasteiger partial charge in [0.2, 0.25) is 0 Å². The third kappa shape index (κ3) is 4.84. The first-order valence-corrected chi connectivity index (χ1v) is 6.85. The number of ether oxygens (including phenoxy) is 1. The molecule has 1 aliphatic heterocycles. The molecule has 1 aliphatic rings. The van der Waals surface area contributed by atoms with Crippen molar-refractivity contribution in [3.63, 3.8) is 0 Å². The van der Waals surface area contributed by atoms with E-state index in [-0.39, 0.29) is 18.1 Å². The van der Waals surface area contributed by atoms with E-state index in [1.54, 1.807) is 4.90 Å². The molecule has 106 valence electrons. The molecule has 0 aromatic heterocycles. The van der Waals surface area contributed by atoms with Crippen LogP contribution in [0.3, 0.4) is 0 Å². The van der Waals surface area contributed by atoms with E-state index in [1.807, 2.05) is 20.8 Å². The fourth-order valence-corrected chi connectivity index (χ4v) is 2.27. The molecular weight excluding hydrogens is 230 g/mol. The monoisotopic (exact) mass is 257 g/mol. The van der Waals surface area contributed by atoms with Crippen molar-refractivity contribution in [2.45, 2.75) is 59.2 Å². The first-order chi connectivity index (χ1) is 8.19. The molecule has 1 fully saturated rings. The molecule has 0 aromatic rings. The summed E-state index contributed by atoms with van der Waals surface area (Å²) in [5.74, 6) is 0.676. The van der Waals surface area contributed by atoms with Gasteiger partial charge in [-0.15, -0.1) is 0 Å². The van der Waals surface area contributed by atoms with Crippen LogP contribution in [0.25, 0.3) is 0 Å². The number of nitrogens with zero attached hydrogens (tertiary/aromatic N) is 1. The van der Waals surface area contributed by atoms with Gasteiger partial charge in [-0.2, -0.15) is 0 Å². The second kappa shape index (κ2) is 5.91. The van der Waals surface area contributed by atoms with Crippen LogP contribution in [-0.2, 0) is 4.74 Å². The van der Waals surface area contributed by atoms with E-state index in [9.17, 15) is 9.90 Å². The van der Waals surface area contributed by atoms with E-state index in [0.29, 0.717) is 19.0 Å². The van der Waals surface area contributed by atoms with Crippen molar-refractivity contribution in [1.29, 1.82) is 0 Å². The minimum Gasteiger partial charge on any atom is -0.444 e. The molecule has 0 spiro atoms. The summed E-state index contributed by atoms with van der Waals surface area (Å²) in [5.41, 5.74) is -0.453. The highest BCUT2D eigenvalue weighted by atomic mass is 16.6. The maximum Gasteiger partial charge on any atom is 0.410 e. The lowest BCUT2D eigenvalue weighted by molar-refractivity contribution is 0.0262. The van der Waals surface area contributed by atoms with Crippen molar-refractivity contribution in [3.8, 4) is 0 Å². The summed E-state index contributed by atoms with van der Waals surface area (Å²) in [6.07, 6.45) is 1.10. The molecule has 0 bridgehead atoms. The van der Waals surface area contributed by atoms with Crippen LogP contribution in [0.4, 0.5) is 4.79 Å². The van der Waals surface area contributed by atoms with Gasteiger partial charge in [0.25, 0.3) is 0 Å². The van der Waals surface area contributed by atoms with Gasteiger partial charge in [-0.1, -0.05) is 13.8 Å². The average Bonchev–Trinajstić information content (AvgIpc) is 2.61. The van der Waals surface area contributed by atoms with Gasteiger partial charge in [0, 0.05) is 19.0 Å². The maximum absolute atomic E-state index is 11.9. The Morgan fingerprint density at radius 1 is 1.44 bits per heavy atom. The van der Waals surface area contributed by atoms with E-state index < -0.39 is 5.60 Å². The number of carbonyl (C=O) groups excluding carboxylic acids is 1. The molecule has 1 amide bonds. The van der Waals surface area contributed by atoms with Gasteiger partial charge in [0.1, 0.15) is 5.60 Å². The molecule has 0 aliphatic carbocycles. The summed E-state index contributed by atoms with van der Waals surface area (Å²) in [7, 11) is 0. The van der Waals surface area contributed by atoms with Gasteiger partial charge in [0.15, 0.2) is 0 Å². The molecule has 1 N–H and O–H groups in total. The van der Waals surface area contributed by atoms with E-state index in [1.165, 1.54) is 0 Å². The molecule has 1 unspecified atom stereocenters. The van der Waals surface area contributed by atoms with Gasteiger partial charge in [-0.05, 0) is 39.5 Å². The van der Waals surface area contributed by atoms with E-state index in [4.69, 9.17) is 4.74 Å². The minimum absolute atomic E-state index is 0.194. The van der Waals surface area contributed by atoms with Gasteiger partial charge < -0.3 is 14.7 Å². The molecule has 4 heteroatoms. The molecule has 1 heterocycles. The van der Waals surface area contributed by atoms with Crippen molar-refractivity contribution in [2.75, 3.05) is 13.1 Å². The molecule has 4 nitrogen and oxygen atoms in total. The molecular formula is C14H27NO3. The van der Waals surface area contributed by atoms with Crippen LogP contribution in [0.1, 0.15) is 47.5 Å². The fourth-order valence-electron chi connectivity index (χ4n) is 2.27. The number of hydrogen-bond acceptors (Lipinski definition) is 3. The Balaban J connectivity index is 2.43. The van der Waals surface area contributed by atoms with Crippen LogP contribution >= 0.6 is 0 Å². The highest BCUT2D eigenvalue weighted by Crippen LogP contribution is 2.25. The van der Waals surface area contributed by atoms with Crippen molar-refractivity contribution in [1.82, 2.24) is 4.90 Å². The van der Waals surface area contributed by atoms with Crippen molar-refractivity contribution >= 4 is 6.09 Å². The van der Waals surface area contributed by atoms with Gasteiger partial charge in [-0.25, -0.2) is 4.79 Å². The Hall–Kier alpha value is -0.770. The predicted octanol–water partition coefficient (Wildman–Crippen LogP) is 2.65. The first-order valence-electron chi connectivity index (χ1n) is 6.85. The van der Waals surface area contributed by atoms with E-state index >= 15 is 0 Å². The molecule has 0 saturated carbocycles. The van der Waals surface area contributed by atoms with Crippen LogP contribution in [0.2, 0.25) is 0 Å². The summed E-state index contributed by atoms with van der Waals surface area (Å²) in [6.45, 7) is 11.1. The fraction of sp³-hybridized carbons (Fsp3) is 0.929. The molecule has 0 aromatic carbocycles. The Morgan fingerprint density at radius 3 is 2.56 bits per heavy atom. The molecule has 0 radical (unpaired) electrons. The predicted molar refractivity (Wildman–Crippen MR) is 71.4 cm³/mol. The van der Waals surface area contributed by atoms with Crippen LogP contribution in [0, 0.1) is 11.8 Å². The second-order valence-corrected chi connectivity index (χ2v) is 6.67. The Bertz CT molecular complexity index is 283. The SMILES string of the molecule is CC(C)C[C@@H](O)C1CCN(C(=O)OC(C)(C)C)C1. The summed E-state index contributed by atoms with van der Waals surface area (Å²) >= 11 is 0. The highest BCUT2D eigenvalue weighted by Gasteiger charge is 2.33. The second-order valence-electron chi connectivity index (χ2n) is 6.67. The normalized spacial score (nSPS) is 22.4. The summed E-state index contributed by atoms with van der Waals surface area (Å²) in [6, 6.07) is 0. The molecule has 1 rings (SSSR count). The Kier molecular flexibility index (Phi) is 5.02. The van der Waals surface area contributed by atoms with Gasteiger partial charge >= 0.3 is 6.09 Å². The maximum atomic E-state index is 11.9. The van der Waals surface area contributed by atoms with Crippen LogP contribution in [0.15, 0.2) is 0 Å². The zero-order valence-electron chi connectivity index (χ0n) is 12.3. The molecule has 18 heavy (non-hydrogen) atoms. The third-order valence-corrected chi connectivity index (χ3v) is 3.13. The largest absolute Gasteiger partial charge is 0.444 e. The summed E-state index contributed by atoms with van der Waals surface area (Å²) in [4.78, 5) is 13.6. The number of aliphatic hydroxyl groups is 1. The summed E-state index contributed by atoms with van der Waals surface area (Å²) in [5, 5.41) is 10.1. The van der Waals surface area contributed by atoms with Crippen molar-refractivity contribution in [3.05, 3.63) is 0 Å². The first kappa shape index (κ1) is 15.3. The lowest BCUT2D eigenvalue weighted by Gasteiger charge is -2.25. The number of rotatable bonds is 3. The number of amides is 1. The van der Waals surface area contributed by atoms with Crippen molar-refractivity contribution in [2.24, 2.45) is 11.8 Å². The lowest BCUT2D eigenvalue weighted by Crippen LogP contribution is -2.36. The lowest BCUT2D eigenvalue weighted by atomic mass is 9.94. The van der Waals surface area contributed by atoms with Crippen LogP contribution in [-0.4, -0.2) is 40.9 Å². The average molecular weight is 257 g/mol. The number of hydrogen-bond donors (Lipinski definition) is 1. The van der Waals surface area contributed by atoms with E-state index in [2.05, 4.69) is 13.8 Å². The zero-order valence-corrected chi connectivity index (χ0v) is 12.3. The minimum atomic E-state index is -0.453. The van der Waals surface area contributed by atoms with Gasteiger partial charge in [0.05, 0.1) is 6.10 Å². The number of likely N-dealkylation sites (tertiary alicyclic amines) is 1. The Morgan fingerprint density at radius 2 is 2.06 bits per heavy atom. The number of carbonyl (C=O) groups is 1. The Labute approximate surface area is 110 Å². The van der Waals surface area contributed by atoms with Crippen LogP contribution in [0.5, 0.6) is 0 Å². The topological polar surface area (TPSA) is 49.8 Å². The third-order valence-electron chi connectivity index (χ3n) is 3.13. The molecule has 2 atom stereocenters. The zero-order chi connectivity index (χ0) is 13.9. The number of aliphatic hydroxyl groups excluding tert-OH is 1. The van der Waals surface area contributed by atoms with Crippen LogP contribution < -0.4 is 0 Å².